The van der Waals surface area contributed by atoms with Crippen molar-refractivity contribution in [1.82, 2.24) is 9.84 Å². The van der Waals surface area contributed by atoms with E-state index in [1.54, 1.807) is 11.6 Å². The van der Waals surface area contributed by atoms with Crippen LogP contribution in [0.4, 0.5) is 4.79 Å². The van der Waals surface area contributed by atoms with E-state index in [-0.39, 0.29) is 0 Å². The molecule has 0 aromatic heterocycles. The van der Waals surface area contributed by atoms with Crippen LogP contribution in [-0.4, -0.2) is 15.6 Å². The molecule has 5 heteroatoms. The Bertz CT molecular complexity index is 127. The first-order valence-corrected chi connectivity index (χ1v) is 2.75. The molecule has 0 radical (unpaired) electrons. The molecule has 1 aliphatic rings. The van der Waals surface area contributed by atoms with Crippen LogP contribution in [0.3, 0.4) is 0 Å². The fourth-order valence-corrected chi connectivity index (χ4v) is 0.775. The quantitative estimate of drug-likeness (QED) is 0.474. The fraction of sp³-hybridized carbons (Fsp3) is 0. The summed E-state index contributed by atoms with van der Waals surface area (Å²) in [5, 5.41) is 9.86. The molecule has 0 unspecified atom stereocenters. The average molecular weight is 132 g/mol. The summed E-state index contributed by atoms with van der Waals surface area (Å²) in [5.41, 5.74) is 2.47. The van der Waals surface area contributed by atoms with Crippen molar-refractivity contribution >= 4 is 18.0 Å². The molecule has 4 nitrogen and oxygen atoms in total. The van der Waals surface area contributed by atoms with Crippen LogP contribution in [0.1, 0.15) is 0 Å². The summed E-state index contributed by atoms with van der Waals surface area (Å²) in [6.07, 6.45) is 0.568. The molecule has 8 heavy (non-hydrogen) atoms. The molecular formula is C3H4N2O2S. The van der Waals surface area contributed by atoms with E-state index < -0.39 is 6.09 Å². The Morgan fingerprint density at radius 3 is 2.88 bits per heavy atom. The molecule has 44 valence electrons. The lowest BCUT2D eigenvalue weighted by molar-refractivity contribution is 0.169. The van der Waals surface area contributed by atoms with Crippen molar-refractivity contribution in [2.45, 2.75) is 0 Å². The average Bonchev–Trinajstić information content (AvgIpc) is 2.12. The second kappa shape index (κ2) is 1.95. The third-order valence-electron chi connectivity index (χ3n) is 0.600. The van der Waals surface area contributed by atoms with E-state index in [1.165, 1.54) is 0 Å². The van der Waals surface area contributed by atoms with Gasteiger partial charge in [-0.05, 0) is 0 Å². The molecule has 1 rings (SSSR count). The highest BCUT2D eigenvalue weighted by Crippen LogP contribution is 2.12. The predicted octanol–water partition coefficient (Wildman–Crippen LogP) is 0.604. The number of hydrogen-bond acceptors (Lipinski definition) is 3. The van der Waals surface area contributed by atoms with Crippen molar-refractivity contribution in [2.24, 2.45) is 0 Å². The summed E-state index contributed by atoms with van der Waals surface area (Å²) in [5.74, 6) is 0. The zero-order valence-corrected chi connectivity index (χ0v) is 4.68. The summed E-state index contributed by atoms with van der Waals surface area (Å²) in [6.45, 7) is 0. The third-order valence-corrected chi connectivity index (χ3v) is 1.33. The molecule has 1 amide bonds. The van der Waals surface area contributed by atoms with Crippen molar-refractivity contribution in [1.29, 1.82) is 0 Å². The van der Waals surface area contributed by atoms with E-state index in [0.717, 1.165) is 16.4 Å². The van der Waals surface area contributed by atoms with Gasteiger partial charge in [-0.15, -0.1) is 0 Å². The van der Waals surface area contributed by atoms with Crippen LogP contribution in [0.2, 0.25) is 0 Å². The maximum absolute atomic E-state index is 10.0. The van der Waals surface area contributed by atoms with Crippen LogP contribution in [-0.2, 0) is 0 Å². The molecule has 1 aliphatic heterocycles. The van der Waals surface area contributed by atoms with Crippen molar-refractivity contribution in [3.8, 4) is 0 Å². The summed E-state index contributed by atoms with van der Waals surface area (Å²) >= 11 is 1.09. The van der Waals surface area contributed by atoms with Gasteiger partial charge in [0.1, 0.15) is 0 Å². The largest absolute Gasteiger partial charge is 0.463 e. The minimum Gasteiger partial charge on any atom is -0.463 e. The maximum atomic E-state index is 10.0. The lowest BCUT2D eigenvalue weighted by atomic mass is 11.0. The SMILES string of the molecule is O=C(O)N1NC=CS1. The van der Waals surface area contributed by atoms with E-state index in [2.05, 4.69) is 5.43 Å². The number of nitrogens with zero attached hydrogens (tertiary/aromatic N) is 1. The van der Waals surface area contributed by atoms with E-state index >= 15 is 0 Å². The monoisotopic (exact) mass is 132 g/mol. The summed E-state index contributed by atoms with van der Waals surface area (Å²) in [6, 6.07) is 0. The zero-order valence-electron chi connectivity index (χ0n) is 3.87. The number of hydrogen-bond donors (Lipinski definition) is 2. The van der Waals surface area contributed by atoms with Crippen LogP contribution in [0, 0.1) is 0 Å². The number of rotatable bonds is 0. The minimum atomic E-state index is -0.986. The molecule has 0 aromatic rings. The van der Waals surface area contributed by atoms with E-state index in [9.17, 15) is 4.79 Å². The lowest BCUT2D eigenvalue weighted by Crippen LogP contribution is -2.28. The van der Waals surface area contributed by atoms with E-state index in [0.29, 0.717) is 0 Å². The Hall–Kier alpha value is -0.840. The van der Waals surface area contributed by atoms with Gasteiger partial charge in [-0.1, -0.05) is 0 Å². The highest BCUT2D eigenvalue weighted by molar-refractivity contribution is 8.00. The van der Waals surface area contributed by atoms with Gasteiger partial charge in [-0.3, -0.25) is 5.43 Å². The van der Waals surface area contributed by atoms with Crippen LogP contribution in [0.25, 0.3) is 0 Å². The molecule has 0 fully saturated rings. The minimum absolute atomic E-state index is 0.986. The molecule has 0 aliphatic carbocycles. The van der Waals surface area contributed by atoms with Gasteiger partial charge in [0.15, 0.2) is 0 Å². The van der Waals surface area contributed by atoms with Crippen molar-refractivity contribution in [3.63, 3.8) is 0 Å². The van der Waals surface area contributed by atoms with Crippen molar-refractivity contribution in [2.75, 3.05) is 0 Å². The van der Waals surface area contributed by atoms with E-state index in [1.807, 2.05) is 0 Å². The molecular weight excluding hydrogens is 128 g/mol. The standard InChI is InChI=1S/C3H4N2O2S/c6-3(7)5-4-1-2-8-5/h1-2,4H,(H,6,7). The Labute approximate surface area is 50.3 Å². The first-order valence-electron chi connectivity index (χ1n) is 1.92. The van der Waals surface area contributed by atoms with Gasteiger partial charge < -0.3 is 5.11 Å². The molecule has 0 aromatic carbocycles. The first-order chi connectivity index (χ1) is 3.80. The number of carbonyl (C=O) groups is 1. The van der Waals surface area contributed by atoms with Gasteiger partial charge >= 0.3 is 6.09 Å². The molecule has 0 saturated carbocycles. The smallest absolute Gasteiger partial charge is 0.437 e. The molecule has 2 N–H and O–H groups in total. The maximum Gasteiger partial charge on any atom is 0.437 e. The zero-order chi connectivity index (χ0) is 5.98. The Kier molecular flexibility index (Phi) is 1.29. The number of nitrogens with one attached hydrogen (secondary N) is 1. The van der Waals surface area contributed by atoms with Crippen LogP contribution in [0.5, 0.6) is 0 Å². The number of carboxylic acid groups (broad SMARTS) is 1. The van der Waals surface area contributed by atoms with Gasteiger partial charge in [0.25, 0.3) is 0 Å². The third kappa shape index (κ3) is 0.865. The highest BCUT2D eigenvalue weighted by atomic mass is 32.2. The molecule has 0 bridgehead atoms. The Morgan fingerprint density at radius 1 is 1.88 bits per heavy atom. The predicted molar refractivity (Wildman–Crippen MR) is 29.7 cm³/mol. The normalized spacial score (nSPS) is 16.2. The second-order valence-electron chi connectivity index (χ2n) is 1.11. The molecule has 1 heterocycles. The van der Waals surface area contributed by atoms with Gasteiger partial charge in [0.2, 0.25) is 0 Å². The van der Waals surface area contributed by atoms with Crippen LogP contribution in [0.15, 0.2) is 11.6 Å². The van der Waals surface area contributed by atoms with Gasteiger partial charge in [-0.2, -0.15) is 4.41 Å². The number of hydrazine groups is 1. The van der Waals surface area contributed by atoms with Gasteiger partial charge in [-0.25, -0.2) is 4.79 Å². The fourth-order valence-electron chi connectivity index (χ4n) is 0.320. The first kappa shape index (κ1) is 5.30. The Balaban J connectivity index is 2.41. The van der Waals surface area contributed by atoms with Crippen molar-refractivity contribution < 1.29 is 9.90 Å². The second-order valence-corrected chi connectivity index (χ2v) is 1.96. The van der Waals surface area contributed by atoms with Gasteiger partial charge in [0, 0.05) is 23.6 Å². The Morgan fingerprint density at radius 2 is 2.62 bits per heavy atom. The summed E-state index contributed by atoms with van der Waals surface area (Å²) in [4.78, 5) is 10.0. The molecule has 0 atom stereocenters. The topological polar surface area (TPSA) is 52.6 Å². The van der Waals surface area contributed by atoms with Crippen LogP contribution < -0.4 is 5.43 Å². The lowest BCUT2D eigenvalue weighted by Gasteiger charge is -2.07. The molecule has 0 saturated heterocycles. The molecule has 0 spiro atoms. The van der Waals surface area contributed by atoms with Gasteiger partial charge in [0.05, 0.1) is 0 Å². The number of amides is 1. The van der Waals surface area contributed by atoms with Crippen LogP contribution >= 0.6 is 11.9 Å². The van der Waals surface area contributed by atoms with E-state index in [4.69, 9.17) is 5.11 Å². The summed E-state index contributed by atoms with van der Waals surface area (Å²) in [7, 11) is 0. The summed E-state index contributed by atoms with van der Waals surface area (Å²) < 4.78 is 1.00. The van der Waals surface area contributed by atoms with Crippen molar-refractivity contribution in [3.05, 3.63) is 11.6 Å². The highest BCUT2D eigenvalue weighted by Gasteiger charge is 2.11.